The van der Waals surface area contributed by atoms with Crippen molar-refractivity contribution in [2.45, 2.75) is 27.2 Å². The van der Waals surface area contributed by atoms with Gasteiger partial charge in [-0.1, -0.05) is 48.0 Å². The van der Waals surface area contributed by atoms with Crippen LogP contribution in [0.4, 0.5) is 5.69 Å². The monoisotopic (exact) mass is 528 g/mol. The van der Waals surface area contributed by atoms with Gasteiger partial charge in [0.25, 0.3) is 11.1 Å². The van der Waals surface area contributed by atoms with E-state index in [0.717, 1.165) is 41.5 Å². The van der Waals surface area contributed by atoms with E-state index < -0.39 is 0 Å². The summed E-state index contributed by atoms with van der Waals surface area (Å²) in [7, 11) is 0. The van der Waals surface area contributed by atoms with Crippen LogP contribution in [-0.4, -0.2) is 53.0 Å². The lowest BCUT2D eigenvalue weighted by atomic mass is 10.1. The van der Waals surface area contributed by atoms with Gasteiger partial charge in [-0.05, 0) is 56.2 Å². The Bertz CT molecular complexity index is 1390. The minimum Gasteiger partial charge on any atom is -0.492 e. The number of piperazine rings is 1. The first kappa shape index (κ1) is 25.7. The van der Waals surface area contributed by atoms with Crippen molar-refractivity contribution >= 4 is 23.1 Å². The van der Waals surface area contributed by atoms with Crippen LogP contribution >= 0.6 is 11.5 Å². The van der Waals surface area contributed by atoms with E-state index >= 15 is 0 Å². The number of carbonyl (C=O) groups excluding carboxylic acids is 1. The fraction of sp³-hybridized carbons (Fsp3) is 0.300. The van der Waals surface area contributed by atoms with Gasteiger partial charge in [0.1, 0.15) is 11.5 Å². The zero-order valence-electron chi connectivity index (χ0n) is 22.0. The first-order chi connectivity index (χ1) is 18.5. The molecule has 0 atom stereocenters. The van der Waals surface area contributed by atoms with Crippen molar-refractivity contribution in [3.05, 3.63) is 94.8 Å². The number of carbonyl (C=O) groups is 1. The quantitative estimate of drug-likeness (QED) is 0.284. The van der Waals surface area contributed by atoms with Crippen molar-refractivity contribution in [3.8, 4) is 16.7 Å². The van der Waals surface area contributed by atoms with Crippen LogP contribution in [0.15, 0.2) is 66.7 Å². The van der Waals surface area contributed by atoms with Crippen LogP contribution in [0.5, 0.6) is 16.7 Å². The molecule has 196 valence electrons. The fourth-order valence-electron chi connectivity index (χ4n) is 4.51. The zero-order valence-corrected chi connectivity index (χ0v) is 22.8. The number of aromatic nitrogens is 2. The van der Waals surface area contributed by atoms with Crippen molar-refractivity contribution in [2.75, 3.05) is 37.7 Å². The maximum atomic E-state index is 13.4. The second-order valence-corrected chi connectivity index (χ2v) is 10.1. The van der Waals surface area contributed by atoms with Crippen LogP contribution in [0.1, 0.15) is 39.8 Å². The number of nitrogens with zero attached hydrogens (tertiary/aromatic N) is 4. The highest BCUT2D eigenvalue weighted by atomic mass is 32.1. The van der Waals surface area contributed by atoms with Gasteiger partial charge in [0.2, 0.25) is 0 Å². The average Bonchev–Trinajstić information content (AvgIpc) is 3.38. The Kier molecular flexibility index (Phi) is 7.89. The molecule has 0 N–H and O–H groups in total. The van der Waals surface area contributed by atoms with E-state index in [0.29, 0.717) is 42.6 Å². The number of para-hydroxylation sites is 2. The standard InChI is InChI=1S/C30H32N4O3S/c1-4-36-26-8-6-5-7-25(26)33-15-17-34(18-16-33)29(35)24-14-11-22(3)27(20-24)37-30-31-28(32-38-30)19-23-12-9-21(2)10-13-23/h5-14,20H,4,15-19H2,1-3H3. The maximum absolute atomic E-state index is 13.4. The molecular formula is C30H32N4O3S. The summed E-state index contributed by atoms with van der Waals surface area (Å²) >= 11 is 1.23. The van der Waals surface area contributed by atoms with Crippen molar-refractivity contribution in [3.63, 3.8) is 0 Å². The minimum atomic E-state index is 0.00455. The summed E-state index contributed by atoms with van der Waals surface area (Å²) in [6.45, 7) is 9.43. The van der Waals surface area contributed by atoms with Crippen LogP contribution in [-0.2, 0) is 6.42 Å². The molecule has 7 nitrogen and oxygen atoms in total. The van der Waals surface area contributed by atoms with Gasteiger partial charge in [-0.15, -0.1) is 0 Å². The number of rotatable bonds is 8. The largest absolute Gasteiger partial charge is 0.492 e. The fourth-order valence-corrected chi connectivity index (χ4v) is 5.07. The minimum absolute atomic E-state index is 0.00455. The lowest BCUT2D eigenvalue weighted by Gasteiger charge is -2.36. The molecule has 0 spiro atoms. The molecule has 1 aromatic heterocycles. The highest BCUT2D eigenvalue weighted by molar-refractivity contribution is 7.07. The van der Waals surface area contributed by atoms with Crippen LogP contribution in [0.3, 0.4) is 0 Å². The van der Waals surface area contributed by atoms with E-state index in [4.69, 9.17) is 9.47 Å². The average molecular weight is 529 g/mol. The summed E-state index contributed by atoms with van der Waals surface area (Å²) < 4.78 is 16.3. The van der Waals surface area contributed by atoms with Gasteiger partial charge in [-0.3, -0.25) is 4.79 Å². The summed E-state index contributed by atoms with van der Waals surface area (Å²) in [6.07, 6.45) is 0.651. The normalized spacial score (nSPS) is 13.4. The Hall–Kier alpha value is -3.91. The van der Waals surface area contributed by atoms with Crippen LogP contribution < -0.4 is 14.4 Å². The number of amides is 1. The predicted molar refractivity (Wildman–Crippen MR) is 151 cm³/mol. The molecule has 1 fully saturated rings. The Morgan fingerprint density at radius 1 is 0.947 bits per heavy atom. The van der Waals surface area contributed by atoms with Gasteiger partial charge in [-0.2, -0.15) is 9.36 Å². The molecular weight excluding hydrogens is 496 g/mol. The van der Waals surface area contributed by atoms with Gasteiger partial charge in [0.15, 0.2) is 5.82 Å². The molecule has 0 aliphatic carbocycles. The highest BCUT2D eigenvalue weighted by Crippen LogP contribution is 2.30. The number of aryl methyl sites for hydroxylation is 2. The van der Waals surface area contributed by atoms with Crippen molar-refractivity contribution < 1.29 is 14.3 Å². The molecule has 1 aliphatic heterocycles. The van der Waals surface area contributed by atoms with Crippen molar-refractivity contribution in [1.82, 2.24) is 14.3 Å². The second-order valence-electron chi connectivity index (χ2n) is 9.40. The molecule has 0 radical (unpaired) electrons. The van der Waals surface area contributed by atoms with Crippen molar-refractivity contribution in [2.24, 2.45) is 0 Å². The molecule has 1 saturated heterocycles. The van der Waals surface area contributed by atoms with E-state index in [-0.39, 0.29) is 5.91 Å². The molecule has 0 saturated carbocycles. The van der Waals surface area contributed by atoms with Gasteiger partial charge in [0.05, 0.1) is 12.3 Å². The van der Waals surface area contributed by atoms with E-state index in [1.807, 2.05) is 55.1 Å². The van der Waals surface area contributed by atoms with Crippen LogP contribution in [0, 0.1) is 13.8 Å². The topological polar surface area (TPSA) is 67.8 Å². The molecule has 38 heavy (non-hydrogen) atoms. The lowest BCUT2D eigenvalue weighted by molar-refractivity contribution is 0.0746. The second kappa shape index (κ2) is 11.6. The van der Waals surface area contributed by atoms with Crippen molar-refractivity contribution in [1.29, 1.82) is 0 Å². The predicted octanol–water partition coefficient (Wildman–Crippen LogP) is 5.90. The Labute approximate surface area is 227 Å². The van der Waals surface area contributed by atoms with Gasteiger partial charge >= 0.3 is 0 Å². The van der Waals surface area contributed by atoms with Gasteiger partial charge in [-0.25, -0.2) is 0 Å². The molecule has 8 heteroatoms. The smallest absolute Gasteiger partial charge is 0.298 e. The van der Waals surface area contributed by atoms with E-state index in [1.165, 1.54) is 17.1 Å². The van der Waals surface area contributed by atoms with E-state index in [1.54, 1.807) is 0 Å². The molecule has 4 aromatic rings. The van der Waals surface area contributed by atoms with Gasteiger partial charge < -0.3 is 19.3 Å². The summed E-state index contributed by atoms with van der Waals surface area (Å²) in [5.41, 5.74) is 5.01. The SMILES string of the molecule is CCOc1ccccc1N1CCN(C(=O)c2ccc(C)c(Oc3nc(Cc4ccc(C)cc4)ns3)c2)CC1. The summed E-state index contributed by atoms with van der Waals surface area (Å²) in [4.78, 5) is 22.1. The third-order valence-electron chi connectivity index (χ3n) is 6.64. The summed E-state index contributed by atoms with van der Waals surface area (Å²) in [5, 5.41) is 0.474. The molecule has 1 amide bonds. The third kappa shape index (κ3) is 5.97. The lowest BCUT2D eigenvalue weighted by Crippen LogP contribution is -2.48. The number of ether oxygens (including phenoxy) is 2. The Balaban J connectivity index is 1.23. The van der Waals surface area contributed by atoms with Crippen LogP contribution in [0.2, 0.25) is 0 Å². The molecule has 2 heterocycles. The summed E-state index contributed by atoms with van der Waals surface area (Å²) in [6, 6.07) is 22.0. The number of anilines is 1. The molecule has 0 unspecified atom stereocenters. The molecule has 5 rings (SSSR count). The van der Waals surface area contributed by atoms with E-state index in [2.05, 4.69) is 51.5 Å². The Morgan fingerprint density at radius 3 is 2.47 bits per heavy atom. The highest BCUT2D eigenvalue weighted by Gasteiger charge is 2.24. The van der Waals surface area contributed by atoms with Gasteiger partial charge in [0, 0.05) is 49.7 Å². The first-order valence-electron chi connectivity index (χ1n) is 12.9. The number of hydrogen-bond acceptors (Lipinski definition) is 7. The summed E-state index contributed by atoms with van der Waals surface area (Å²) in [5.74, 6) is 2.24. The maximum Gasteiger partial charge on any atom is 0.298 e. The zero-order chi connectivity index (χ0) is 26.5. The number of benzene rings is 3. The van der Waals surface area contributed by atoms with Crippen LogP contribution in [0.25, 0.3) is 0 Å². The number of hydrogen-bond donors (Lipinski definition) is 0. The van der Waals surface area contributed by atoms with E-state index in [9.17, 15) is 4.79 Å². The molecule has 1 aliphatic rings. The third-order valence-corrected chi connectivity index (χ3v) is 7.27. The molecule has 0 bridgehead atoms. The Morgan fingerprint density at radius 2 is 1.71 bits per heavy atom. The first-order valence-corrected chi connectivity index (χ1v) is 13.7. The molecule has 3 aromatic carbocycles.